The van der Waals surface area contributed by atoms with E-state index in [4.69, 9.17) is 4.74 Å². The van der Waals surface area contributed by atoms with Crippen LogP contribution in [-0.4, -0.2) is 37.1 Å². The van der Waals surface area contributed by atoms with E-state index >= 15 is 0 Å². The normalized spacial score (nSPS) is 19.2. The summed E-state index contributed by atoms with van der Waals surface area (Å²) in [5.41, 5.74) is 5.67. The van der Waals surface area contributed by atoms with Gasteiger partial charge in [0.2, 0.25) is 0 Å². The number of hydrogen-bond donors (Lipinski definition) is 2. The first-order valence-corrected chi connectivity index (χ1v) is 9.79. The van der Waals surface area contributed by atoms with Crippen molar-refractivity contribution in [2.75, 3.05) is 20.2 Å². The Bertz CT molecular complexity index is 966. The van der Waals surface area contributed by atoms with Gasteiger partial charge in [-0.2, -0.15) is 0 Å². The molecular weight excluding hydrogens is 366 g/mol. The molecule has 2 heterocycles. The van der Waals surface area contributed by atoms with Crippen molar-refractivity contribution in [3.05, 3.63) is 82.1 Å². The lowest BCUT2D eigenvalue weighted by Gasteiger charge is -2.34. The van der Waals surface area contributed by atoms with Gasteiger partial charge in [-0.1, -0.05) is 54.1 Å². The number of methoxy groups -OCH3 is 1. The second-order valence-electron chi connectivity index (χ2n) is 7.56. The fourth-order valence-electron chi connectivity index (χ4n) is 4.02. The Morgan fingerprint density at radius 2 is 1.86 bits per heavy atom. The number of amides is 2. The van der Waals surface area contributed by atoms with E-state index in [9.17, 15) is 9.59 Å². The quantitative estimate of drug-likeness (QED) is 0.787. The number of esters is 1. The van der Waals surface area contributed by atoms with Crippen LogP contribution in [0, 0.1) is 6.92 Å². The lowest BCUT2D eigenvalue weighted by molar-refractivity contribution is -0.136. The molecule has 2 aliphatic heterocycles. The summed E-state index contributed by atoms with van der Waals surface area (Å²) >= 11 is 0. The van der Waals surface area contributed by atoms with Crippen LogP contribution < -0.4 is 10.6 Å². The van der Waals surface area contributed by atoms with Crippen LogP contribution in [-0.2, 0) is 22.5 Å². The van der Waals surface area contributed by atoms with Gasteiger partial charge in [-0.3, -0.25) is 4.90 Å². The summed E-state index contributed by atoms with van der Waals surface area (Å²) in [4.78, 5) is 27.3. The number of rotatable bonds is 4. The molecule has 150 valence electrons. The van der Waals surface area contributed by atoms with Crippen LogP contribution in [0.15, 0.2) is 59.8 Å². The van der Waals surface area contributed by atoms with Crippen LogP contribution >= 0.6 is 0 Å². The van der Waals surface area contributed by atoms with Crippen molar-refractivity contribution in [3.8, 4) is 0 Å². The summed E-state index contributed by atoms with van der Waals surface area (Å²) in [6, 6.07) is 15.4. The number of urea groups is 1. The molecule has 0 saturated carbocycles. The molecule has 29 heavy (non-hydrogen) atoms. The van der Waals surface area contributed by atoms with Crippen molar-refractivity contribution in [2.45, 2.75) is 25.9 Å². The van der Waals surface area contributed by atoms with Crippen LogP contribution in [0.4, 0.5) is 4.79 Å². The summed E-state index contributed by atoms with van der Waals surface area (Å²) in [5, 5.41) is 5.72. The Kier molecular flexibility index (Phi) is 5.36. The molecule has 2 amide bonds. The lowest BCUT2D eigenvalue weighted by atomic mass is 9.94. The molecule has 6 nitrogen and oxygen atoms in total. The Morgan fingerprint density at radius 1 is 1.14 bits per heavy atom. The Hall–Kier alpha value is -3.12. The van der Waals surface area contributed by atoms with E-state index in [2.05, 4.69) is 33.7 Å². The standard InChI is InChI=1S/C23H25N3O3/c1-15-7-9-17(10-8-15)21-20(22(27)29-2)19(24-23(28)25-21)14-26-12-11-16-5-3-4-6-18(16)13-26/h3-10,21H,11-14H2,1-2H3,(H2,24,25,28)/t21-/m1/s1. The molecule has 0 spiro atoms. The van der Waals surface area contributed by atoms with Gasteiger partial charge < -0.3 is 15.4 Å². The molecule has 0 fully saturated rings. The van der Waals surface area contributed by atoms with Crippen LogP contribution in [0.2, 0.25) is 0 Å². The molecule has 0 bridgehead atoms. The topological polar surface area (TPSA) is 70.7 Å². The van der Waals surface area contributed by atoms with Gasteiger partial charge in [0.05, 0.1) is 18.7 Å². The smallest absolute Gasteiger partial charge is 0.338 e. The first-order valence-electron chi connectivity index (χ1n) is 9.79. The summed E-state index contributed by atoms with van der Waals surface area (Å²) in [7, 11) is 1.37. The first kappa shape index (κ1) is 19.2. The van der Waals surface area contributed by atoms with E-state index in [1.165, 1.54) is 18.2 Å². The van der Waals surface area contributed by atoms with Gasteiger partial charge in [-0.25, -0.2) is 9.59 Å². The SMILES string of the molecule is COC(=O)C1=C(CN2CCc3ccccc3C2)NC(=O)N[C@@H]1c1ccc(C)cc1. The number of nitrogens with zero attached hydrogens (tertiary/aromatic N) is 1. The summed E-state index contributed by atoms with van der Waals surface area (Å²) in [6.07, 6.45) is 0.949. The number of nitrogens with one attached hydrogen (secondary N) is 2. The summed E-state index contributed by atoms with van der Waals surface area (Å²) in [5.74, 6) is -0.435. The van der Waals surface area contributed by atoms with E-state index in [0.717, 1.165) is 30.6 Å². The molecule has 0 aromatic heterocycles. The van der Waals surface area contributed by atoms with E-state index in [-0.39, 0.29) is 6.03 Å². The predicted octanol–water partition coefficient (Wildman–Crippen LogP) is 2.83. The third kappa shape index (κ3) is 4.03. The fourth-order valence-corrected chi connectivity index (χ4v) is 4.02. The average Bonchev–Trinajstić information content (AvgIpc) is 2.73. The minimum atomic E-state index is -0.538. The fraction of sp³-hybridized carbons (Fsp3) is 0.304. The number of benzene rings is 2. The van der Waals surface area contributed by atoms with Gasteiger partial charge in [0, 0.05) is 25.3 Å². The van der Waals surface area contributed by atoms with Gasteiger partial charge in [0.15, 0.2) is 0 Å². The maximum atomic E-state index is 12.7. The summed E-state index contributed by atoms with van der Waals surface area (Å²) in [6.45, 7) is 4.14. The molecule has 2 aromatic rings. The van der Waals surface area contributed by atoms with Crippen LogP contribution in [0.25, 0.3) is 0 Å². The number of aryl methyl sites for hydroxylation is 1. The number of hydrogen-bond acceptors (Lipinski definition) is 4. The number of carbonyl (C=O) groups is 2. The van der Waals surface area contributed by atoms with Crippen molar-refractivity contribution in [1.82, 2.24) is 15.5 Å². The Morgan fingerprint density at radius 3 is 2.59 bits per heavy atom. The van der Waals surface area contributed by atoms with Gasteiger partial charge in [0.25, 0.3) is 0 Å². The average molecular weight is 391 g/mol. The van der Waals surface area contributed by atoms with E-state index in [0.29, 0.717) is 17.8 Å². The maximum Gasteiger partial charge on any atom is 0.338 e. The molecule has 0 radical (unpaired) electrons. The molecule has 0 aliphatic carbocycles. The molecule has 0 saturated heterocycles. The molecule has 4 rings (SSSR count). The number of fused-ring (bicyclic) bond motifs is 1. The number of ether oxygens (including phenoxy) is 1. The minimum Gasteiger partial charge on any atom is -0.466 e. The largest absolute Gasteiger partial charge is 0.466 e. The Labute approximate surface area is 170 Å². The minimum absolute atomic E-state index is 0.310. The second-order valence-corrected chi connectivity index (χ2v) is 7.56. The van der Waals surface area contributed by atoms with Crippen molar-refractivity contribution < 1.29 is 14.3 Å². The third-order valence-electron chi connectivity index (χ3n) is 5.56. The van der Waals surface area contributed by atoms with Gasteiger partial charge in [-0.15, -0.1) is 0 Å². The van der Waals surface area contributed by atoms with Crippen molar-refractivity contribution in [1.29, 1.82) is 0 Å². The molecule has 2 N–H and O–H groups in total. The van der Waals surface area contributed by atoms with E-state index in [1.807, 2.05) is 37.3 Å². The van der Waals surface area contributed by atoms with Crippen molar-refractivity contribution in [3.63, 3.8) is 0 Å². The predicted molar refractivity (Wildman–Crippen MR) is 110 cm³/mol. The van der Waals surface area contributed by atoms with Crippen LogP contribution in [0.3, 0.4) is 0 Å². The zero-order valence-electron chi connectivity index (χ0n) is 16.7. The van der Waals surface area contributed by atoms with Crippen molar-refractivity contribution in [2.24, 2.45) is 0 Å². The zero-order chi connectivity index (χ0) is 20.4. The monoisotopic (exact) mass is 391 g/mol. The molecule has 2 aromatic carbocycles. The van der Waals surface area contributed by atoms with Gasteiger partial charge >= 0.3 is 12.0 Å². The number of carbonyl (C=O) groups excluding carboxylic acids is 2. The molecule has 2 aliphatic rings. The highest BCUT2D eigenvalue weighted by Crippen LogP contribution is 2.29. The Balaban J connectivity index is 1.66. The second kappa shape index (κ2) is 8.09. The van der Waals surface area contributed by atoms with Crippen LogP contribution in [0.5, 0.6) is 0 Å². The third-order valence-corrected chi connectivity index (χ3v) is 5.56. The first-order chi connectivity index (χ1) is 14.0. The molecule has 1 atom stereocenters. The molecular formula is C23H25N3O3. The van der Waals surface area contributed by atoms with E-state index in [1.54, 1.807) is 0 Å². The van der Waals surface area contributed by atoms with Crippen LogP contribution in [0.1, 0.15) is 28.3 Å². The van der Waals surface area contributed by atoms with Gasteiger partial charge in [0.1, 0.15) is 0 Å². The molecule has 6 heteroatoms. The molecule has 0 unspecified atom stereocenters. The van der Waals surface area contributed by atoms with Gasteiger partial charge in [-0.05, 0) is 30.0 Å². The maximum absolute atomic E-state index is 12.7. The summed E-state index contributed by atoms with van der Waals surface area (Å²) < 4.78 is 5.07. The highest BCUT2D eigenvalue weighted by atomic mass is 16.5. The van der Waals surface area contributed by atoms with Crippen molar-refractivity contribution >= 4 is 12.0 Å². The highest BCUT2D eigenvalue weighted by Gasteiger charge is 2.34. The highest BCUT2D eigenvalue weighted by molar-refractivity contribution is 5.95. The van der Waals surface area contributed by atoms with E-state index < -0.39 is 12.0 Å². The zero-order valence-corrected chi connectivity index (χ0v) is 16.7. The lowest BCUT2D eigenvalue weighted by Crippen LogP contribution is -2.48.